The molecule has 1 aromatic carbocycles. The number of nitrogens with zero attached hydrogens (tertiary/aromatic N) is 1. The summed E-state index contributed by atoms with van der Waals surface area (Å²) in [5.74, 6) is -1.07. The largest absolute Gasteiger partial charge is 0.480 e. The number of anilines is 1. The Labute approximate surface area is 131 Å². The summed E-state index contributed by atoms with van der Waals surface area (Å²) in [4.78, 5) is 22.9. The fourth-order valence-corrected chi connectivity index (χ4v) is 2.06. The molecule has 0 aliphatic carbocycles. The van der Waals surface area contributed by atoms with Crippen LogP contribution in [-0.2, 0) is 4.79 Å². The number of halogens is 1. The lowest BCUT2D eigenvalue weighted by molar-refractivity contribution is -0.139. The van der Waals surface area contributed by atoms with Crippen LogP contribution in [0.25, 0.3) is 0 Å². The maximum Gasteiger partial charge on any atom is 0.326 e. The molecule has 1 unspecified atom stereocenters. The number of carboxylic acid groups (broad SMARTS) is 1. The Bertz CT molecular complexity index is 569. The Morgan fingerprint density at radius 2 is 2.19 bits per heavy atom. The molecule has 112 valence electrons. The Morgan fingerprint density at radius 3 is 2.76 bits per heavy atom. The molecule has 2 amide bonds. The number of rotatable bonds is 6. The number of benzene rings is 1. The number of hydrogen-bond donors (Lipinski definition) is 3. The van der Waals surface area contributed by atoms with Crippen LogP contribution in [0.15, 0.2) is 22.7 Å². The monoisotopic (exact) mass is 353 g/mol. The van der Waals surface area contributed by atoms with Gasteiger partial charge in [-0.2, -0.15) is 5.26 Å². The van der Waals surface area contributed by atoms with E-state index in [1.165, 1.54) is 0 Å². The van der Waals surface area contributed by atoms with Gasteiger partial charge in [-0.05, 0) is 24.6 Å². The molecular formula is C14H16BrN3O3. The molecule has 1 rings (SSSR count). The second kappa shape index (κ2) is 8.27. The summed E-state index contributed by atoms with van der Waals surface area (Å²) in [6, 6.07) is 5.21. The van der Waals surface area contributed by atoms with Crippen LogP contribution >= 0.6 is 15.9 Å². The van der Waals surface area contributed by atoms with Crippen molar-refractivity contribution in [2.75, 3.05) is 5.32 Å². The van der Waals surface area contributed by atoms with Gasteiger partial charge >= 0.3 is 12.0 Å². The van der Waals surface area contributed by atoms with Gasteiger partial charge in [0.2, 0.25) is 0 Å². The van der Waals surface area contributed by atoms with Crippen molar-refractivity contribution in [3.8, 4) is 6.07 Å². The lowest BCUT2D eigenvalue weighted by atomic mass is 10.1. The van der Waals surface area contributed by atoms with Gasteiger partial charge < -0.3 is 15.7 Å². The zero-order valence-electron chi connectivity index (χ0n) is 11.5. The van der Waals surface area contributed by atoms with E-state index >= 15 is 0 Å². The number of amides is 2. The summed E-state index contributed by atoms with van der Waals surface area (Å²) in [6.07, 6.45) is 1.92. The highest BCUT2D eigenvalue weighted by molar-refractivity contribution is 9.10. The number of carboxylic acids is 1. The van der Waals surface area contributed by atoms with E-state index in [4.69, 9.17) is 10.4 Å². The van der Waals surface area contributed by atoms with Gasteiger partial charge in [0.1, 0.15) is 12.1 Å². The lowest BCUT2D eigenvalue weighted by Gasteiger charge is -2.15. The zero-order chi connectivity index (χ0) is 15.8. The quantitative estimate of drug-likeness (QED) is 0.730. The molecule has 0 spiro atoms. The van der Waals surface area contributed by atoms with Crippen LogP contribution in [0.5, 0.6) is 0 Å². The fraction of sp³-hybridized carbons (Fsp3) is 0.357. The Kier molecular flexibility index (Phi) is 6.69. The summed E-state index contributed by atoms with van der Waals surface area (Å²) in [5.41, 5.74) is 0.623. The van der Waals surface area contributed by atoms with E-state index < -0.39 is 18.0 Å². The molecule has 0 saturated heterocycles. The van der Waals surface area contributed by atoms with Crippen LogP contribution in [0.4, 0.5) is 10.5 Å². The first-order valence-electron chi connectivity index (χ1n) is 6.48. The first-order chi connectivity index (χ1) is 9.97. The molecule has 6 nitrogen and oxygen atoms in total. The lowest BCUT2D eigenvalue weighted by Crippen LogP contribution is -2.43. The van der Waals surface area contributed by atoms with Crippen LogP contribution in [0, 0.1) is 11.3 Å². The third kappa shape index (κ3) is 5.44. The number of hydrogen-bond acceptors (Lipinski definition) is 3. The highest BCUT2D eigenvalue weighted by Crippen LogP contribution is 2.20. The molecule has 7 heteroatoms. The molecule has 0 bridgehead atoms. The predicted molar refractivity (Wildman–Crippen MR) is 82.0 cm³/mol. The van der Waals surface area contributed by atoms with Crippen LogP contribution in [0.2, 0.25) is 0 Å². The smallest absolute Gasteiger partial charge is 0.326 e. The zero-order valence-corrected chi connectivity index (χ0v) is 13.1. The summed E-state index contributed by atoms with van der Waals surface area (Å²) < 4.78 is 0.719. The first kappa shape index (κ1) is 17.0. The van der Waals surface area contributed by atoms with Gasteiger partial charge in [-0.1, -0.05) is 35.7 Å². The number of nitriles is 1. The molecule has 0 fully saturated rings. The van der Waals surface area contributed by atoms with Crippen LogP contribution in [0.3, 0.4) is 0 Å². The minimum absolute atomic E-state index is 0.292. The van der Waals surface area contributed by atoms with Gasteiger partial charge in [0.15, 0.2) is 0 Å². The van der Waals surface area contributed by atoms with E-state index in [-0.39, 0.29) is 0 Å². The van der Waals surface area contributed by atoms with Crippen molar-refractivity contribution in [1.82, 2.24) is 5.32 Å². The van der Waals surface area contributed by atoms with Crippen LogP contribution in [0.1, 0.15) is 31.7 Å². The minimum Gasteiger partial charge on any atom is -0.480 e. The van der Waals surface area contributed by atoms with E-state index in [0.29, 0.717) is 24.1 Å². The van der Waals surface area contributed by atoms with Crippen molar-refractivity contribution >= 4 is 33.6 Å². The molecule has 0 saturated carbocycles. The van der Waals surface area contributed by atoms with Gasteiger partial charge in [0.05, 0.1) is 11.3 Å². The second-order valence-corrected chi connectivity index (χ2v) is 5.35. The van der Waals surface area contributed by atoms with Crippen LogP contribution < -0.4 is 10.6 Å². The highest BCUT2D eigenvalue weighted by atomic mass is 79.9. The average molecular weight is 354 g/mol. The third-order valence-corrected chi connectivity index (χ3v) is 3.29. The van der Waals surface area contributed by atoms with Crippen molar-refractivity contribution in [2.45, 2.75) is 32.2 Å². The van der Waals surface area contributed by atoms with Crippen molar-refractivity contribution < 1.29 is 14.7 Å². The molecule has 1 aromatic rings. The normalized spacial score (nSPS) is 11.3. The SMILES string of the molecule is CCCCC(NC(=O)Nc1ccc(Br)cc1C#N)C(=O)O. The van der Waals surface area contributed by atoms with Gasteiger partial charge in [-0.3, -0.25) is 0 Å². The molecule has 3 N–H and O–H groups in total. The molecule has 0 aromatic heterocycles. The number of carbonyl (C=O) groups is 2. The van der Waals surface area contributed by atoms with E-state index in [1.807, 2.05) is 13.0 Å². The highest BCUT2D eigenvalue weighted by Gasteiger charge is 2.19. The molecular weight excluding hydrogens is 338 g/mol. The van der Waals surface area contributed by atoms with Crippen molar-refractivity contribution in [1.29, 1.82) is 5.26 Å². The standard InChI is InChI=1S/C14H16BrN3O3/c1-2-3-4-12(13(19)20)18-14(21)17-11-6-5-10(15)7-9(11)8-16/h5-7,12H,2-4H2,1H3,(H,19,20)(H2,17,18,21). The van der Waals surface area contributed by atoms with Crippen molar-refractivity contribution in [3.05, 3.63) is 28.2 Å². The summed E-state index contributed by atoms with van der Waals surface area (Å²) in [7, 11) is 0. The maximum atomic E-state index is 11.8. The Hall–Kier alpha value is -2.07. The van der Waals surface area contributed by atoms with Crippen molar-refractivity contribution in [2.24, 2.45) is 0 Å². The first-order valence-corrected chi connectivity index (χ1v) is 7.27. The third-order valence-electron chi connectivity index (χ3n) is 2.80. The van der Waals surface area contributed by atoms with Gasteiger partial charge in [-0.25, -0.2) is 9.59 Å². The molecule has 1 atom stereocenters. The molecule has 0 radical (unpaired) electrons. The summed E-state index contributed by atoms with van der Waals surface area (Å²) >= 11 is 3.23. The Morgan fingerprint density at radius 1 is 1.48 bits per heavy atom. The maximum absolute atomic E-state index is 11.8. The van der Waals surface area contributed by atoms with E-state index in [0.717, 1.165) is 10.9 Å². The summed E-state index contributed by atoms with van der Waals surface area (Å²) in [5, 5.41) is 22.9. The van der Waals surface area contributed by atoms with E-state index in [9.17, 15) is 9.59 Å². The molecule has 0 aliphatic heterocycles. The number of urea groups is 1. The molecule has 0 aliphatic rings. The van der Waals surface area contributed by atoms with Gasteiger partial charge in [0, 0.05) is 4.47 Å². The van der Waals surface area contributed by atoms with Gasteiger partial charge in [0.25, 0.3) is 0 Å². The van der Waals surface area contributed by atoms with Crippen LogP contribution in [-0.4, -0.2) is 23.1 Å². The fourth-order valence-electron chi connectivity index (χ4n) is 1.70. The second-order valence-electron chi connectivity index (χ2n) is 4.43. The van der Waals surface area contributed by atoms with Crippen molar-refractivity contribution in [3.63, 3.8) is 0 Å². The molecule has 0 heterocycles. The Balaban J connectivity index is 2.72. The minimum atomic E-state index is -1.07. The van der Waals surface area contributed by atoms with Gasteiger partial charge in [-0.15, -0.1) is 0 Å². The number of carbonyl (C=O) groups excluding carboxylic acids is 1. The predicted octanol–water partition coefficient (Wildman–Crippen LogP) is 3.09. The topological polar surface area (TPSA) is 102 Å². The number of unbranched alkanes of at least 4 members (excludes halogenated alkanes) is 1. The number of aliphatic carboxylic acids is 1. The average Bonchev–Trinajstić information content (AvgIpc) is 2.44. The molecule has 21 heavy (non-hydrogen) atoms. The van der Waals surface area contributed by atoms with E-state index in [1.54, 1.807) is 18.2 Å². The van der Waals surface area contributed by atoms with E-state index in [2.05, 4.69) is 26.6 Å². The summed E-state index contributed by atoms with van der Waals surface area (Å²) in [6.45, 7) is 1.94. The number of nitrogens with one attached hydrogen (secondary N) is 2.